The summed E-state index contributed by atoms with van der Waals surface area (Å²) in [6.07, 6.45) is 2.47. The van der Waals surface area contributed by atoms with Crippen LogP contribution in [0.1, 0.15) is 25.6 Å². The minimum absolute atomic E-state index is 0.168. The Balaban J connectivity index is 1.82. The first kappa shape index (κ1) is 16.4. The molecule has 8 heteroatoms. The van der Waals surface area contributed by atoms with E-state index in [1.54, 1.807) is 22.2 Å². The number of nitrogens with zero attached hydrogens (tertiary/aromatic N) is 3. The molecule has 3 heterocycles. The monoisotopic (exact) mass is 443 g/mol. The zero-order valence-corrected chi connectivity index (χ0v) is 16.2. The number of H-pyrrole nitrogens is 1. The highest BCUT2D eigenvalue weighted by molar-refractivity contribution is 14.1. The topological polar surface area (TPSA) is 75.6 Å². The number of rotatable bonds is 4. The molecule has 0 unspecified atom stereocenters. The summed E-state index contributed by atoms with van der Waals surface area (Å²) in [5.41, 5.74) is 0.209. The molecule has 0 aliphatic carbocycles. The summed E-state index contributed by atoms with van der Waals surface area (Å²) in [4.78, 5) is 20.8. The highest BCUT2D eigenvalue weighted by Crippen LogP contribution is 2.20. The largest absolute Gasteiger partial charge is 0.355 e. The smallest absolute Gasteiger partial charge is 0.263 e. The van der Waals surface area contributed by atoms with Gasteiger partial charge in [-0.25, -0.2) is 4.68 Å². The first-order chi connectivity index (χ1) is 10.8. The van der Waals surface area contributed by atoms with Crippen LogP contribution in [0.2, 0.25) is 0 Å². The Morgan fingerprint density at radius 3 is 2.83 bits per heavy atom. The Labute approximate surface area is 151 Å². The number of aromatic amines is 1. The van der Waals surface area contributed by atoms with Gasteiger partial charge in [-0.15, -0.1) is 11.3 Å². The minimum Gasteiger partial charge on any atom is -0.355 e. The van der Waals surface area contributed by atoms with Crippen molar-refractivity contribution < 1.29 is 0 Å². The molecule has 0 radical (unpaired) electrons. The maximum atomic E-state index is 12.2. The molecule has 122 valence electrons. The van der Waals surface area contributed by atoms with Crippen molar-refractivity contribution in [3.8, 4) is 0 Å². The highest BCUT2D eigenvalue weighted by Gasteiger charge is 2.19. The van der Waals surface area contributed by atoms with Gasteiger partial charge < -0.3 is 5.32 Å². The van der Waals surface area contributed by atoms with Gasteiger partial charge in [0.2, 0.25) is 5.95 Å². The molecule has 0 aliphatic heterocycles. The molecule has 3 aromatic heterocycles. The number of thiophene rings is 1. The zero-order chi connectivity index (χ0) is 16.6. The third-order valence-electron chi connectivity index (χ3n) is 3.37. The van der Waals surface area contributed by atoms with E-state index in [-0.39, 0.29) is 11.1 Å². The van der Waals surface area contributed by atoms with E-state index >= 15 is 0 Å². The van der Waals surface area contributed by atoms with Crippen LogP contribution in [0, 0.1) is 2.88 Å². The second kappa shape index (κ2) is 6.23. The Morgan fingerprint density at radius 2 is 2.17 bits per heavy atom. The molecule has 23 heavy (non-hydrogen) atoms. The van der Waals surface area contributed by atoms with Crippen LogP contribution in [0.15, 0.2) is 23.1 Å². The summed E-state index contributed by atoms with van der Waals surface area (Å²) in [7, 11) is 0. The number of halogens is 1. The van der Waals surface area contributed by atoms with Crippen molar-refractivity contribution in [2.24, 2.45) is 0 Å². The molecule has 0 saturated carbocycles. The molecule has 0 aliphatic rings. The second-order valence-corrected chi connectivity index (χ2v) is 9.32. The standard InChI is InChI=1S/C15H18IN5OS/c1-15(2,3)21-12-10(8-18-21)13(22)20-14(19-12)17-7-6-9-4-5-11(16)23-9/h4-5,8H,6-7H2,1-3H3,(H2,17,19,20,22). The lowest BCUT2D eigenvalue weighted by Crippen LogP contribution is -2.24. The predicted octanol–water partition coefficient (Wildman–Crippen LogP) is 3.20. The van der Waals surface area contributed by atoms with Crippen molar-refractivity contribution in [1.82, 2.24) is 19.7 Å². The molecule has 0 atom stereocenters. The van der Waals surface area contributed by atoms with Gasteiger partial charge in [-0.1, -0.05) is 0 Å². The normalized spacial score (nSPS) is 12.0. The summed E-state index contributed by atoms with van der Waals surface area (Å²) < 4.78 is 3.06. The van der Waals surface area contributed by atoms with Gasteiger partial charge in [0.15, 0.2) is 5.65 Å². The average Bonchev–Trinajstić information content (AvgIpc) is 3.05. The molecular weight excluding hydrogens is 425 g/mol. The van der Waals surface area contributed by atoms with Crippen molar-refractivity contribution >= 4 is 50.9 Å². The van der Waals surface area contributed by atoms with E-state index < -0.39 is 0 Å². The van der Waals surface area contributed by atoms with E-state index in [1.165, 1.54) is 7.76 Å². The van der Waals surface area contributed by atoms with Crippen LogP contribution in [0.5, 0.6) is 0 Å². The van der Waals surface area contributed by atoms with Gasteiger partial charge in [0.05, 0.1) is 14.6 Å². The van der Waals surface area contributed by atoms with Gasteiger partial charge in [0.25, 0.3) is 5.56 Å². The Kier molecular flexibility index (Phi) is 4.45. The fraction of sp³-hybridized carbons (Fsp3) is 0.400. The molecule has 0 fully saturated rings. The number of hydrogen-bond acceptors (Lipinski definition) is 5. The van der Waals surface area contributed by atoms with Crippen LogP contribution in [-0.4, -0.2) is 26.3 Å². The molecule has 0 saturated heterocycles. The fourth-order valence-corrected chi connectivity index (χ4v) is 4.04. The van der Waals surface area contributed by atoms with Crippen molar-refractivity contribution in [2.45, 2.75) is 32.7 Å². The summed E-state index contributed by atoms with van der Waals surface area (Å²) in [6, 6.07) is 4.23. The SMILES string of the molecule is CC(C)(C)n1ncc2c(=O)[nH]c(NCCc3ccc(I)s3)nc21. The van der Waals surface area contributed by atoms with E-state index in [0.29, 0.717) is 23.5 Å². The fourth-order valence-electron chi connectivity index (χ4n) is 2.28. The van der Waals surface area contributed by atoms with Crippen molar-refractivity contribution in [2.75, 3.05) is 11.9 Å². The van der Waals surface area contributed by atoms with Gasteiger partial charge in [0, 0.05) is 11.4 Å². The van der Waals surface area contributed by atoms with Crippen molar-refractivity contribution in [1.29, 1.82) is 0 Å². The number of hydrogen-bond donors (Lipinski definition) is 2. The quantitative estimate of drug-likeness (QED) is 0.608. The Hall–Kier alpha value is -1.42. The van der Waals surface area contributed by atoms with Crippen LogP contribution in [0.25, 0.3) is 11.0 Å². The lowest BCUT2D eigenvalue weighted by molar-refractivity contribution is 0.366. The van der Waals surface area contributed by atoms with Gasteiger partial charge in [0.1, 0.15) is 5.39 Å². The Morgan fingerprint density at radius 1 is 1.39 bits per heavy atom. The van der Waals surface area contributed by atoms with E-state index in [4.69, 9.17) is 0 Å². The predicted molar refractivity (Wildman–Crippen MR) is 102 cm³/mol. The molecule has 0 amide bonds. The molecule has 6 nitrogen and oxygen atoms in total. The van der Waals surface area contributed by atoms with Gasteiger partial charge >= 0.3 is 0 Å². The number of anilines is 1. The third kappa shape index (κ3) is 3.57. The molecule has 3 aromatic rings. The minimum atomic E-state index is -0.229. The zero-order valence-electron chi connectivity index (χ0n) is 13.2. The average molecular weight is 443 g/mol. The molecule has 0 aromatic carbocycles. The number of fused-ring (bicyclic) bond motifs is 1. The third-order valence-corrected chi connectivity index (χ3v) is 5.32. The lowest BCUT2D eigenvalue weighted by Gasteiger charge is -2.19. The van der Waals surface area contributed by atoms with E-state index in [9.17, 15) is 4.79 Å². The van der Waals surface area contributed by atoms with Crippen molar-refractivity contribution in [3.63, 3.8) is 0 Å². The van der Waals surface area contributed by atoms with Gasteiger partial charge in [-0.05, 0) is 61.9 Å². The van der Waals surface area contributed by atoms with Gasteiger partial charge in [-0.2, -0.15) is 10.1 Å². The van der Waals surface area contributed by atoms with Crippen molar-refractivity contribution in [3.05, 3.63) is 36.4 Å². The lowest BCUT2D eigenvalue weighted by atomic mass is 10.1. The van der Waals surface area contributed by atoms with Gasteiger partial charge in [-0.3, -0.25) is 9.78 Å². The van der Waals surface area contributed by atoms with E-state index in [0.717, 1.165) is 6.42 Å². The summed E-state index contributed by atoms with van der Waals surface area (Å²) in [6.45, 7) is 6.82. The molecule has 0 spiro atoms. The molecular formula is C15H18IN5OS. The Bertz CT molecular complexity index is 889. The second-order valence-electron chi connectivity index (χ2n) is 6.26. The maximum Gasteiger partial charge on any atom is 0.263 e. The van der Waals surface area contributed by atoms with Crippen LogP contribution in [0.3, 0.4) is 0 Å². The summed E-state index contributed by atoms with van der Waals surface area (Å²) in [5.74, 6) is 0.486. The molecule has 0 bridgehead atoms. The van der Waals surface area contributed by atoms with Crippen LogP contribution in [0.4, 0.5) is 5.95 Å². The maximum absolute atomic E-state index is 12.2. The number of nitrogens with one attached hydrogen (secondary N) is 2. The first-order valence-electron chi connectivity index (χ1n) is 7.31. The molecule has 2 N–H and O–H groups in total. The van der Waals surface area contributed by atoms with Crippen LogP contribution < -0.4 is 10.9 Å². The summed E-state index contributed by atoms with van der Waals surface area (Å²) >= 11 is 4.09. The first-order valence-corrected chi connectivity index (χ1v) is 9.21. The van der Waals surface area contributed by atoms with Crippen LogP contribution in [-0.2, 0) is 12.0 Å². The molecule has 3 rings (SSSR count). The van der Waals surface area contributed by atoms with Crippen LogP contribution >= 0.6 is 33.9 Å². The number of aromatic nitrogens is 4. The van der Waals surface area contributed by atoms with E-state index in [2.05, 4.69) is 55.1 Å². The summed E-state index contributed by atoms with van der Waals surface area (Å²) in [5, 5.41) is 8.02. The van der Waals surface area contributed by atoms with E-state index in [1.807, 2.05) is 20.8 Å². The highest BCUT2D eigenvalue weighted by atomic mass is 127.